The largest absolute Gasteiger partial charge is 0.497 e. The van der Waals surface area contributed by atoms with Gasteiger partial charge >= 0.3 is 0 Å². The van der Waals surface area contributed by atoms with E-state index in [4.69, 9.17) is 19.2 Å². The van der Waals surface area contributed by atoms with Crippen LogP contribution >= 0.6 is 34.4 Å². The molecule has 1 saturated heterocycles. The van der Waals surface area contributed by atoms with Gasteiger partial charge in [0.15, 0.2) is 16.7 Å². The van der Waals surface area contributed by atoms with E-state index in [1.54, 1.807) is 19.1 Å². The van der Waals surface area contributed by atoms with Crippen molar-refractivity contribution in [1.82, 2.24) is 4.90 Å². The number of para-hydroxylation sites is 1. The fourth-order valence-corrected chi connectivity index (χ4v) is 5.38. The summed E-state index contributed by atoms with van der Waals surface area (Å²) in [5, 5.41) is 0.636. The van der Waals surface area contributed by atoms with Crippen molar-refractivity contribution < 1.29 is 19.0 Å². The first-order valence-corrected chi connectivity index (χ1v) is 13.8. The van der Waals surface area contributed by atoms with Crippen molar-refractivity contribution in [3.8, 4) is 17.2 Å². The Kier molecular flexibility index (Phi) is 9.15. The number of thioether (sulfide) groups is 1. The Morgan fingerprint density at radius 1 is 1.05 bits per heavy atom. The quantitative estimate of drug-likeness (QED) is 0.184. The van der Waals surface area contributed by atoms with Crippen molar-refractivity contribution in [2.24, 2.45) is 4.99 Å². The second kappa shape index (κ2) is 12.5. The summed E-state index contributed by atoms with van der Waals surface area (Å²) in [6.07, 6.45) is 2.85. The third-order valence-electron chi connectivity index (χ3n) is 5.81. The molecule has 0 N–H and O–H groups in total. The molecule has 0 bridgehead atoms. The molecule has 0 radical (unpaired) electrons. The van der Waals surface area contributed by atoms with Gasteiger partial charge in [-0.15, -0.1) is 0 Å². The second-order valence-electron chi connectivity index (χ2n) is 8.45. The number of hydrogen-bond acceptors (Lipinski definition) is 6. The molecule has 1 aliphatic rings. The van der Waals surface area contributed by atoms with E-state index in [0.717, 1.165) is 38.3 Å². The van der Waals surface area contributed by atoms with Crippen LogP contribution in [0.2, 0.25) is 0 Å². The Morgan fingerprint density at radius 2 is 1.78 bits per heavy atom. The monoisotopic (exact) mass is 628 g/mol. The first-order valence-electron chi connectivity index (χ1n) is 11.9. The highest BCUT2D eigenvalue weighted by molar-refractivity contribution is 14.1. The van der Waals surface area contributed by atoms with Gasteiger partial charge in [-0.2, -0.15) is 0 Å². The molecule has 3 aromatic rings. The molecule has 1 heterocycles. The number of benzene rings is 3. The van der Waals surface area contributed by atoms with E-state index in [9.17, 15) is 4.79 Å². The number of methoxy groups -OCH3 is 2. The predicted molar refractivity (Wildman–Crippen MR) is 159 cm³/mol. The van der Waals surface area contributed by atoms with Gasteiger partial charge in [-0.25, -0.2) is 4.99 Å². The molecule has 0 aromatic heterocycles. The van der Waals surface area contributed by atoms with Crippen LogP contribution in [-0.4, -0.2) is 36.3 Å². The molecule has 37 heavy (non-hydrogen) atoms. The molecule has 192 valence electrons. The maximum atomic E-state index is 13.6. The van der Waals surface area contributed by atoms with E-state index < -0.39 is 0 Å². The second-order valence-corrected chi connectivity index (χ2v) is 10.6. The van der Waals surface area contributed by atoms with E-state index in [1.165, 1.54) is 11.8 Å². The maximum absolute atomic E-state index is 13.6. The molecule has 1 amide bonds. The van der Waals surface area contributed by atoms with Gasteiger partial charge in [0.2, 0.25) is 0 Å². The Hall–Kier alpha value is -2.98. The van der Waals surface area contributed by atoms with E-state index >= 15 is 0 Å². The number of nitrogens with zero attached hydrogens (tertiary/aromatic N) is 2. The molecule has 3 aromatic carbocycles. The standard InChI is InChI=1S/C29H29IN2O4S/c1-5-19(2)36-27-24(30)15-21(16-25(27)35-4)17-26-28(33)32(18-20-11-13-23(34-3)14-12-20)29(37-26)31-22-9-7-6-8-10-22/h6-17,19H,5,18H2,1-4H3/b26-17-,31-29?/t19-/m0/s1. The highest BCUT2D eigenvalue weighted by atomic mass is 127. The van der Waals surface area contributed by atoms with Crippen molar-refractivity contribution in [2.45, 2.75) is 32.9 Å². The Morgan fingerprint density at radius 3 is 2.43 bits per heavy atom. The third-order valence-corrected chi connectivity index (χ3v) is 7.62. The maximum Gasteiger partial charge on any atom is 0.267 e. The summed E-state index contributed by atoms with van der Waals surface area (Å²) in [6.45, 7) is 4.52. The number of carbonyl (C=O) groups is 1. The van der Waals surface area contributed by atoms with Crippen LogP contribution in [0.5, 0.6) is 17.2 Å². The van der Waals surface area contributed by atoms with Gasteiger partial charge in [0.25, 0.3) is 5.91 Å². The molecule has 4 rings (SSSR count). The van der Waals surface area contributed by atoms with Crippen molar-refractivity contribution in [3.63, 3.8) is 0 Å². The zero-order valence-corrected chi connectivity index (χ0v) is 24.2. The molecule has 1 atom stereocenters. The van der Waals surface area contributed by atoms with Crippen LogP contribution in [0.15, 0.2) is 76.6 Å². The number of amidine groups is 1. The summed E-state index contributed by atoms with van der Waals surface area (Å²) in [5.41, 5.74) is 2.64. The molecular formula is C29H29IN2O4S. The van der Waals surface area contributed by atoms with Crippen molar-refractivity contribution >= 4 is 57.2 Å². The number of carbonyl (C=O) groups excluding carboxylic acids is 1. The topological polar surface area (TPSA) is 60.4 Å². The van der Waals surface area contributed by atoms with Gasteiger partial charge < -0.3 is 14.2 Å². The average molecular weight is 629 g/mol. The molecule has 1 aliphatic heterocycles. The van der Waals surface area contributed by atoms with Gasteiger partial charge in [-0.3, -0.25) is 9.69 Å². The SMILES string of the molecule is CC[C@H](C)Oc1c(I)cc(/C=C2\SC(=Nc3ccccc3)N(Cc3ccc(OC)cc3)C2=O)cc1OC. The van der Waals surface area contributed by atoms with Crippen LogP contribution in [0, 0.1) is 3.57 Å². The molecular weight excluding hydrogens is 599 g/mol. The highest BCUT2D eigenvalue weighted by Crippen LogP contribution is 2.39. The van der Waals surface area contributed by atoms with E-state index in [-0.39, 0.29) is 12.0 Å². The smallest absolute Gasteiger partial charge is 0.267 e. The van der Waals surface area contributed by atoms with Gasteiger partial charge in [-0.05, 0) is 101 Å². The fraction of sp³-hybridized carbons (Fsp3) is 0.241. The average Bonchev–Trinajstić information content (AvgIpc) is 3.19. The molecule has 6 nitrogen and oxygen atoms in total. The van der Waals surface area contributed by atoms with Crippen LogP contribution in [0.4, 0.5) is 5.69 Å². The minimum absolute atomic E-state index is 0.0712. The van der Waals surface area contributed by atoms with Gasteiger partial charge in [0.05, 0.1) is 41.0 Å². The number of rotatable bonds is 9. The summed E-state index contributed by atoms with van der Waals surface area (Å²) in [6, 6.07) is 21.3. The zero-order valence-electron chi connectivity index (χ0n) is 21.2. The number of aliphatic imine (C=N–C) groups is 1. The van der Waals surface area contributed by atoms with E-state index in [0.29, 0.717) is 22.4 Å². The van der Waals surface area contributed by atoms with Gasteiger partial charge in [0.1, 0.15) is 5.75 Å². The lowest BCUT2D eigenvalue weighted by atomic mass is 10.1. The lowest BCUT2D eigenvalue weighted by Gasteiger charge is -2.17. The van der Waals surface area contributed by atoms with Crippen molar-refractivity contribution in [3.05, 3.63) is 86.3 Å². The highest BCUT2D eigenvalue weighted by Gasteiger charge is 2.33. The molecule has 0 aliphatic carbocycles. The lowest BCUT2D eigenvalue weighted by molar-refractivity contribution is -0.122. The van der Waals surface area contributed by atoms with Gasteiger partial charge in [0, 0.05) is 0 Å². The molecule has 0 saturated carbocycles. The summed E-state index contributed by atoms with van der Waals surface area (Å²) >= 11 is 3.62. The molecule has 1 fully saturated rings. The first-order chi connectivity index (χ1) is 17.9. The van der Waals surface area contributed by atoms with Crippen LogP contribution in [-0.2, 0) is 11.3 Å². The minimum Gasteiger partial charge on any atom is -0.497 e. The third kappa shape index (κ3) is 6.67. The molecule has 0 unspecified atom stereocenters. The van der Waals surface area contributed by atoms with Crippen LogP contribution in [0.3, 0.4) is 0 Å². The Bertz CT molecular complexity index is 1310. The van der Waals surface area contributed by atoms with E-state index in [2.05, 4.69) is 29.5 Å². The summed E-state index contributed by atoms with van der Waals surface area (Å²) in [7, 11) is 3.26. The number of hydrogen-bond donors (Lipinski definition) is 0. The predicted octanol–water partition coefficient (Wildman–Crippen LogP) is 7.29. The minimum atomic E-state index is -0.0931. The molecule has 8 heteroatoms. The number of halogens is 1. The number of ether oxygens (including phenoxy) is 3. The Balaban J connectivity index is 1.68. The van der Waals surface area contributed by atoms with Crippen LogP contribution < -0.4 is 14.2 Å². The molecule has 0 spiro atoms. The Labute approximate surface area is 235 Å². The van der Waals surface area contributed by atoms with Crippen molar-refractivity contribution in [1.29, 1.82) is 0 Å². The normalized spacial score (nSPS) is 16.4. The zero-order chi connectivity index (χ0) is 26.4. The van der Waals surface area contributed by atoms with Crippen LogP contribution in [0.25, 0.3) is 6.08 Å². The summed E-state index contributed by atoms with van der Waals surface area (Å²) < 4.78 is 17.9. The van der Waals surface area contributed by atoms with Crippen LogP contribution in [0.1, 0.15) is 31.4 Å². The summed E-state index contributed by atoms with van der Waals surface area (Å²) in [4.78, 5) is 20.7. The van der Waals surface area contributed by atoms with E-state index in [1.807, 2.05) is 79.7 Å². The lowest BCUT2D eigenvalue weighted by Crippen LogP contribution is -2.28. The first kappa shape index (κ1) is 27.1. The fourth-order valence-electron chi connectivity index (χ4n) is 3.63. The number of amides is 1. The summed E-state index contributed by atoms with van der Waals surface area (Å²) in [5.74, 6) is 2.04. The van der Waals surface area contributed by atoms with Crippen molar-refractivity contribution in [2.75, 3.05) is 14.2 Å². The van der Waals surface area contributed by atoms with Gasteiger partial charge in [-0.1, -0.05) is 37.3 Å².